The maximum atomic E-state index is 5.97. The van der Waals surface area contributed by atoms with E-state index in [4.69, 9.17) is 8.83 Å². The van der Waals surface area contributed by atoms with Crippen LogP contribution in [0.3, 0.4) is 0 Å². The van der Waals surface area contributed by atoms with Crippen LogP contribution in [0, 0.1) is 55.4 Å². The second-order valence-corrected chi connectivity index (χ2v) is 39.6. The maximum absolute atomic E-state index is 5.97. The van der Waals surface area contributed by atoms with Gasteiger partial charge in [-0.2, -0.15) is 0 Å². The van der Waals surface area contributed by atoms with E-state index in [-0.39, 0.29) is 5.41 Å². The van der Waals surface area contributed by atoms with Crippen LogP contribution in [-0.2, 0) is 5.41 Å². The number of aromatic nitrogens is 8. The fraction of sp³-hybridized carbons (Fsp3) is 0.152. The molecule has 0 spiro atoms. The van der Waals surface area contributed by atoms with Gasteiger partial charge in [0.1, 0.15) is 0 Å². The minimum Gasteiger partial charge on any atom is -0.462 e. The summed E-state index contributed by atoms with van der Waals surface area (Å²) in [5.41, 5.74) is 43.9. The number of hydrogen-bond donors (Lipinski definition) is 0. The number of benzene rings is 13. The third kappa shape index (κ3) is 15.0. The molecular formula is C125H112N8O2S4. The second kappa shape index (κ2) is 36.9. The summed E-state index contributed by atoms with van der Waals surface area (Å²) in [5, 5.41) is 18.9. The van der Waals surface area contributed by atoms with Crippen LogP contribution in [0.25, 0.3) is 207 Å². The molecule has 10 nitrogen and oxygen atoms in total. The Morgan fingerprint density at radius 2 is 0.410 bits per heavy atom. The molecule has 14 heterocycles. The minimum atomic E-state index is -0.196. The van der Waals surface area contributed by atoms with Crippen molar-refractivity contribution in [1.29, 1.82) is 0 Å². The van der Waals surface area contributed by atoms with Crippen LogP contribution in [-0.4, -0.2) is 36.5 Å². The summed E-state index contributed by atoms with van der Waals surface area (Å²) < 4.78 is 36.6. The third-order valence-corrected chi connectivity index (χ3v) is 30.8. The van der Waals surface area contributed by atoms with Gasteiger partial charge in [-0.05, 0) is 261 Å². The molecule has 27 aromatic rings. The Morgan fingerprint density at radius 1 is 0.194 bits per heavy atom. The van der Waals surface area contributed by atoms with Crippen molar-refractivity contribution < 1.29 is 8.83 Å². The SMILES string of the molecule is CC.CC.CC.CC.Cc1ccc(-n2c3c(c4ccccc42)-c2c(n(-c4ccc(C)cc4)c4ccccc24)C3(C)C)cc1.Cc1ccc(-n2c3cc4c(cc3c3sccc32)c2sccc2n4-c2ccc(C)cc2)cc1.Cc1ccc(-n2c3cc4c5occc5n(-c5ccc(C)cc5)c4cc3c3occc32)cc1.Cc1ccc(-n2c3cc4c5sccc5n(-c5ccc(C)cc5)c4cc3c3sccc32)cc1. The largest absolute Gasteiger partial charge is 0.462 e. The number of thiophene rings is 4. The van der Waals surface area contributed by atoms with Gasteiger partial charge in [-0.3, -0.25) is 0 Å². The van der Waals surface area contributed by atoms with Gasteiger partial charge >= 0.3 is 0 Å². The van der Waals surface area contributed by atoms with E-state index in [2.05, 4.69) is 431 Å². The lowest BCUT2D eigenvalue weighted by atomic mass is 9.88. The fourth-order valence-electron chi connectivity index (χ4n) is 20.8. The van der Waals surface area contributed by atoms with Crippen LogP contribution in [0.5, 0.6) is 0 Å². The average molecular weight is 1890 g/mol. The van der Waals surface area contributed by atoms with Crippen LogP contribution < -0.4 is 0 Å². The Hall–Kier alpha value is -14.9. The molecule has 1 aliphatic rings. The summed E-state index contributed by atoms with van der Waals surface area (Å²) in [6, 6.07) is 115. The lowest BCUT2D eigenvalue weighted by molar-refractivity contribution is 0.593. The quantitative estimate of drug-likeness (QED) is 0.152. The number of hydrogen-bond acceptors (Lipinski definition) is 6. The van der Waals surface area contributed by atoms with Gasteiger partial charge in [0, 0.05) is 129 Å². The van der Waals surface area contributed by atoms with Crippen LogP contribution in [0.15, 0.2) is 358 Å². The van der Waals surface area contributed by atoms with Gasteiger partial charge in [-0.1, -0.05) is 233 Å². The molecule has 0 amide bonds. The highest BCUT2D eigenvalue weighted by Crippen LogP contribution is 2.58. The molecule has 139 heavy (non-hydrogen) atoms. The number of aryl methyl sites for hydroxylation is 8. The van der Waals surface area contributed by atoms with E-state index < -0.39 is 0 Å². The first-order valence-electron chi connectivity index (χ1n) is 48.7. The maximum Gasteiger partial charge on any atom is 0.160 e. The number of nitrogens with zero attached hydrogens (tertiary/aromatic N) is 8. The van der Waals surface area contributed by atoms with Crippen LogP contribution >= 0.6 is 45.3 Å². The highest BCUT2D eigenvalue weighted by molar-refractivity contribution is 7.19. The molecule has 28 rings (SSSR count). The Balaban J connectivity index is 0.000000108. The first kappa shape index (κ1) is 90.6. The number of rotatable bonds is 8. The predicted octanol–water partition coefficient (Wildman–Crippen LogP) is 37.5. The monoisotopic (exact) mass is 1880 g/mol. The van der Waals surface area contributed by atoms with Gasteiger partial charge in [0.15, 0.2) is 11.2 Å². The van der Waals surface area contributed by atoms with Crippen LogP contribution in [0.2, 0.25) is 0 Å². The lowest BCUT2D eigenvalue weighted by Crippen LogP contribution is -2.23. The molecule has 0 atom stereocenters. The van der Waals surface area contributed by atoms with E-state index in [1.807, 2.05) is 113 Å². The van der Waals surface area contributed by atoms with E-state index in [0.717, 1.165) is 55.4 Å². The molecule has 13 aromatic carbocycles. The molecule has 0 radical (unpaired) electrons. The Bertz CT molecular complexity index is 8430. The molecule has 688 valence electrons. The van der Waals surface area contributed by atoms with Gasteiger partial charge in [0.25, 0.3) is 0 Å². The molecule has 14 heteroatoms. The van der Waals surface area contributed by atoms with Crippen molar-refractivity contribution in [2.24, 2.45) is 0 Å². The van der Waals surface area contributed by atoms with Gasteiger partial charge < -0.3 is 45.4 Å². The predicted molar refractivity (Wildman–Crippen MR) is 602 cm³/mol. The molecule has 0 bridgehead atoms. The summed E-state index contributed by atoms with van der Waals surface area (Å²) in [7, 11) is 0. The van der Waals surface area contributed by atoms with E-state index in [1.165, 1.54) is 207 Å². The van der Waals surface area contributed by atoms with Gasteiger partial charge in [0.2, 0.25) is 0 Å². The first-order chi connectivity index (χ1) is 68.0. The molecule has 0 unspecified atom stereocenters. The summed E-state index contributed by atoms with van der Waals surface area (Å²) in [6.07, 6.45) is 3.54. The number of para-hydroxylation sites is 2. The lowest BCUT2D eigenvalue weighted by Gasteiger charge is -2.27. The smallest absolute Gasteiger partial charge is 0.160 e. The molecule has 0 aliphatic heterocycles. The fourth-order valence-corrected chi connectivity index (χ4v) is 24.4. The van der Waals surface area contributed by atoms with E-state index >= 15 is 0 Å². The third-order valence-electron chi connectivity index (χ3n) is 27.1. The molecular weight excluding hydrogens is 1770 g/mol. The van der Waals surface area contributed by atoms with Crippen LogP contribution in [0.1, 0.15) is 125 Å². The Morgan fingerprint density at radius 3 is 0.676 bits per heavy atom. The molecule has 0 N–H and O–H groups in total. The summed E-state index contributed by atoms with van der Waals surface area (Å²) in [5.74, 6) is 0. The number of furan rings is 2. The summed E-state index contributed by atoms with van der Waals surface area (Å²) in [4.78, 5) is 0. The molecule has 0 saturated carbocycles. The van der Waals surface area contributed by atoms with E-state index in [1.54, 1.807) is 12.5 Å². The van der Waals surface area contributed by atoms with Crippen molar-refractivity contribution in [2.45, 2.75) is 130 Å². The molecule has 0 fully saturated rings. The van der Waals surface area contributed by atoms with Crippen molar-refractivity contribution in [1.82, 2.24) is 36.5 Å². The van der Waals surface area contributed by atoms with Crippen LogP contribution in [0.4, 0.5) is 0 Å². The summed E-state index contributed by atoms with van der Waals surface area (Å²) >= 11 is 7.32. The Labute approximate surface area is 826 Å². The van der Waals surface area contributed by atoms with Crippen molar-refractivity contribution in [3.05, 3.63) is 405 Å². The zero-order chi connectivity index (χ0) is 96.1. The topological polar surface area (TPSA) is 65.7 Å². The van der Waals surface area contributed by atoms with Crippen molar-refractivity contribution in [3.8, 4) is 56.6 Å². The van der Waals surface area contributed by atoms with Gasteiger partial charge in [-0.25, -0.2) is 0 Å². The zero-order valence-corrected chi connectivity index (χ0v) is 85.3. The first-order valence-corrected chi connectivity index (χ1v) is 52.2. The van der Waals surface area contributed by atoms with Crippen molar-refractivity contribution >= 4 is 196 Å². The normalized spacial score (nSPS) is 12.0. The highest BCUT2D eigenvalue weighted by atomic mass is 32.1. The van der Waals surface area contributed by atoms with Gasteiger partial charge in [-0.15, -0.1) is 45.3 Å². The highest BCUT2D eigenvalue weighted by Gasteiger charge is 2.46. The van der Waals surface area contributed by atoms with E-state index in [9.17, 15) is 0 Å². The average Bonchev–Trinajstić information content (AvgIpc) is 1.50. The van der Waals surface area contributed by atoms with Gasteiger partial charge in [0.05, 0.1) is 109 Å². The van der Waals surface area contributed by atoms with Crippen molar-refractivity contribution in [2.75, 3.05) is 0 Å². The minimum absolute atomic E-state index is 0.196. The second-order valence-electron chi connectivity index (χ2n) is 35.9. The number of fused-ring (bicyclic) bond motifs is 25. The summed E-state index contributed by atoms with van der Waals surface area (Å²) in [6.45, 7) is 37.9. The zero-order valence-electron chi connectivity index (χ0n) is 82.0. The Kier molecular flexibility index (Phi) is 24.0. The molecule has 14 aromatic heterocycles. The molecule has 1 aliphatic carbocycles. The molecule has 0 saturated heterocycles. The standard InChI is InChI=1S/C33H28N2.C28H20N2O2.2C28H20N2S2.4C2H6/c1-21-13-17-23(18-14-21)34-27-11-7-5-9-25(27)29-30-26-10-6-8-12-28(26)35(24-19-15-22(2)16-20-24)32(30)33(3,4)31(29)34;2*1-17-3-7-19(8-4-17)29-23-11-13-31-27(23)21-16-26-22(15-25(21)29)28-24(12-14-32-28)30(26)20-9-5-18(2)6-10-20;1-17-3-7-19(8-4-17)29-23-11-13-31-27(23)21-15-22-26(16-25(21)29)30(24-12-14-32-28(22)24)20-9-5-18(2)6-10-20;4*1-2/h5-20H,1-4H3;3*3-16H,1-2H3;4*1-2H3. The van der Waals surface area contributed by atoms with Crippen molar-refractivity contribution in [3.63, 3.8) is 0 Å². The van der Waals surface area contributed by atoms with E-state index in [0.29, 0.717) is 0 Å².